The van der Waals surface area contributed by atoms with Crippen LogP contribution < -0.4 is 9.64 Å². The Labute approximate surface area is 122 Å². The van der Waals surface area contributed by atoms with E-state index in [0.29, 0.717) is 11.4 Å². The molecule has 1 aliphatic rings. The van der Waals surface area contributed by atoms with Crippen LogP contribution in [0.15, 0.2) is 18.2 Å². The van der Waals surface area contributed by atoms with Crippen molar-refractivity contribution in [1.82, 2.24) is 0 Å². The maximum Gasteiger partial charge on any atom is 0.323 e. The van der Waals surface area contributed by atoms with Crippen molar-refractivity contribution in [3.63, 3.8) is 0 Å². The van der Waals surface area contributed by atoms with E-state index in [9.17, 15) is 14.9 Å². The van der Waals surface area contributed by atoms with Gasteiger partial charge in [-0.25, -0.2) is 0 Å². The molecule has 0 amide bonds. The number of nitro benzene ring substituents is 1. The number of aliphatic carboxylic acids is 1. The molecule has 1 aromatic rings. The molecule has 114 valence electrons. The van der Waals surface area contributed by atoms with Crippen molar-refractivity contribution in [2.45, 2.75) is 31.7 Å². The van der Waals surface area contributed by atoms with Crippen LogP contribution in [0.3, 0.4) is 0 Å². The summed E-state index contributed by atoms with van der Waals surface area (Å²) in [6.45, 7) is -0.238. The number of hydrogen-bond acceptors (Lipinski definition) is 5. The monoisotopic (exact) mass is 294 g/mol. The lowest BCUT2D eigenvalue weighted by Crippen LogP contribution is -2.38. The highest BCUT2D eigenvalue weighted by molar-refractivity contribution is 5.77. The summed E-state index contributed by atoms with van der Waals surface area (Å²) in [5, 5.41) is 20.4. The fraction of sp³-hybridized carbons (Fsp3) is 0.500. The van der Waals surface area contributed by atoms with Crippen LogP contribution in [-0.2, 0) is 4.79 Å². The quantitative estimate of drug-likeness (QED) is 0.640. The summed E-state index contributed by atoms with van der Waals surface area (Å²) in [6.07, 6.45) is 3.75. The Balaban J connectivity index is 2.42. The molecule has 1 saturated carbocycles. The average molecular weight is 294 g/mol. The number of ether oxygens (including phenoxy) is 1. The first-order valence-corrected chi connectivity index (χ1v) is 6.83. The number of methoxy groups -OCH3 is 1. The normalized spacial score (nSPS) is 14.9. The van der Waals surface area contributed by atoms with Crippen LogP contribution in [0.1, 0.15) is 25.7 Å². The highest BCUT2D eigenvalue weighted by atomic mass is 16.6. The van der Waals surface area contributed by atoms with Gasteiger partial charge in [0.1, 0.15) is 18.0 Å². The van der Waals surface area contributed by atoms with Gasteiger partial charge in [0.25, 0.3) is 5.69 Å². The number of hydrogen-bond donors (Lipinski definition) is 1. The number of anilines is 1. The molecule has 7 heteroatoms. The van der Waals surface area contributed by atoms with Gasteiger partial charge in [0.2, 0.25) is 0 Å². The van der Waals surface area contributed by atoms with Gasteiger partial charge in [0.15, 0.2) is 0 Å². The molecule has 1 N–H and O–H groups in total. The zero-order valence-corrected chi connectivity index (χ0v) is 11.8. The fourth-order valence-electron chi connectivity index (χ4n) is 2.79. The van der Waals surface area contributed by atoms with E-state index in [-0.39, 0.29) is 18.3 Å². The third-order valence-corrected chi connectivity index (χ3v) is 3.76. The molecule has 0 heterocycles. The Morgan fingerprint density at radius 1 is 1.48 bits per heavy atom. The van der Waals surface area contributed by atoms with Crippen LogP contribution in [0.4, 0.5) is 11.4 Å². The van der Waals surface area contributed by atoms with Gasteiger partial charge >= 0.3 is 5.97 Å². The number of nitrogens with zero attached hydrogens (tertiary/aromatic N) is 2. The van der Waals surface area contributed by atoms with E-state index < -0.39 is 10.9 Å². The first kappa shape index (κ1) is 15.1. The van der Waals surface area contributed by atoms with Gasteiger partial charge in [-0.1, -0.05) is 12.8 Å². The minimum atomic E-state index is -0.994. The van der Waals surface area contributed by atoms with E-state index >= 15 is 0 Å². The molecule has 0 radical (unpaired) electrons. The number of carbonyl (C=O) groups is 1. The Hall–Kier alpha value is -2.31. The first-order chi connectivity index (χ1) is 10.0. The maximum atomic E-state index is 11.3. The van der Waals surface area contributed by atoms with E-state index in [1.54, 1.807) is 17.0 Å². The summed E-state index contributed by atoms with van der Waals surface area (Å²) < 4.78 is 5.01. The molecule has 0 saturated heterocycles. The number of carboxylic acid groups (broad SMARTS) is 1. The fourth-order valence-corrected chi connectivity index (χ4v) is 2.79. The van der Waals surface area contributed by atoms with E-state index in [4.69, 9.17) is 9.84 Å². The van der Waals surface area contributed by atoms with Crippen molar-refractivity contribution in [3.8, 4) is 5.75 Å². The van der Waals surface area contributed by atoms with Crippen molar-refractivity contribution in [3.05, 3.63) is 28.3 Å². The zero-order chi connectivity index (χ0) is 15.4. The van der Waals surface area contributed by atoms with Crippen LogP contribution in [0.5, 0.6) is 5.75 Å². The van der Waals surface area contributed by atoms with Crippen LogP contribution in [0.25, 0.3) is 0 Å². The molecule has 0 spiro atoms. The Kier molecular flexibility index (Phi) is 4.62. The topological polar surface area (TPSA) is 92.9 Å². The van der Waals surface area contributed by atoms with Gasteiger partial charge in [-0.05, 0) is 25.0 Å². The Morgan fingerprint density at radius 2 is 2.14 bits per heavy atom. The second kappa shape index (κ2) is 6.43. The minimum Gasteiger partial charge on any atom is -0.496 e. The van der Waals surface area contributed by atoms with Crippen molar-refractivity contribution < 1.29 is 19.6 Å². The molecule has 7 nitrogen and oxygen atoms in total. The van der Waals surface area contributed by atoms with Gasteiger partial charge in [-0.3, -0.25) is 14.9 Å². The predicted octanol–water partition coefficient (Wildman–Crippen LogP) is 2.44. The molecule has 0 unspecified atom stereocenters. The molecule has 1 fully saturated rings. The largest absolute Gasteiger partial charge is 0.496 e. The Bertz CT molecular complexity index is 540. The SMILES string of the molecule is COc1ccc(N(CC(=O)O)C2CCCC2)c([N+](=O)[O-])c1. The molecule has 1 aromatic carbocycles. The second-order valence-electron chi connectivity index (χ2n) is 5.07. The molecule has 0 bridgehead atoms. The van der Waals surface area contributed by atoms with Crippen molar-refractivity contribution in [1.29, 1.82) is 0 Å². The summed E-state index contributed by atoms with van der Waals surface area (Å²) in [5.74, 6) is -0.612. The van der Waals surface area contributed by atoms with Gasteiger partial charge < -0.3 is 14.7 Å². The highest BCUT2D eigenvalue weighted by Gasteiger charge is 2.29. The van der Waals surface area contributed by atoms with Crippen molar-refractivity contribution >= 4 is 17.3 Å². The molecule has 0 atom stereocenters. The van der Waals surface area contributed by atoms with Crippen LogP contribution in [0.2, 0.25) is 0 Å². The van der Waals surface area contributed by atoms with E-state index in [1.165, 1.54) is 13.2 Å². The van der Waals surface area contributed by atoms with E-state index in [1.807, 2.05) is 0 Å². The molecule has 1 aliphatic carbocycles. The van der Waals surface area contributed by atoms with Gasteiger partial charge in [0.05, 0.1) is 18.1 Å². The Morgan fingerprint density at radius 3 is 2.67 bits per heavy atom. The molecule has 0 aliphatic heterocycles. The van der Waals surface area contributed by atoms with Crippen molar-refractivity contribution in [2.24, 2.45) is 0 Å². The summed E-state index contributed by atoms with van der Waals surface area (Å²) in [6, 6.07) is 4.55. The maximum absolute atomic E-state index is 11.3. The van der Waals surface area contributed by atoms with E-state index in [0.717, 1.165) is 25.7 Å². The average Bonchev–Trinajstić information content (AvgIpc) is 2.98. The lowest BCUT2D eigenvalue weighted by molar-refractivity contribution is -0.384. The summed E-state index contributed by atoms with van der Waals surface area (Å²) in [7, 11) is 1.44. The zero-order valence-electron chi connectivity index (χ0n) is 11.8. The summed E-state index contributed by atoms with van der Waals surface area (Å²) in [5.41, 5.74) is 0.220. The molecular weight excluding hydrogens is 276 g/mol. The number of rotatable bonds is 6. The standard InChI is InChI=1S/C14H18N2O5/c1-21-11-6-7-12(13(8-11)16(19)20)15(9-14(17)18)10-4-2-3-5-10/h6-8,10H,2-5,9H2,1H3,(H,17,18). The van der Waals surface area contributed by atoms with Crippen LogP contribution in [0, 0.1) is 10.1 Å². The predicted molar refractivity (Wildman–Crippen MR) is 76.9 cm³/mol. The summed E-state index contributed by atoms with van der Waals surface area (Å²) >= 11 is 0. The lowest BCUT2D eigenvalue weighted by Gasteiger charge is -2.29. The number of nitro groups is 1. The lowest BCUT2D eigenvalue weighted by atomic mass is 10.1. The third-order valence-electron chi connectivity index (χ3n) is 3.76. The van der Waals surface area contributed by atoms with Gasteiger partial charge in [0, 0.05) is 6.04 Å². The molecule has 21 heavy (non-hydrogen) atoms. The molecule has 0 aromatic heterocycles. The number of carboxylic acids is 1. The van der Waals surface area contributed by atoms with Crippen molar-refractivity contribution in [2.75, 3.05) is 18.6 Å². The van der Waals surface area contributed by atoms with Gasteiger partial charge in [-0.15, -0.1) is 0 Å². The van der Waals surface area contributed by atoms with Gasteiger partial charge in [-0.2, -0.15) is 0 Å². The summed E-state index contributed by atoms with van der Waals surface area (Å²) in [4.78, 5) is 23.5. The van der Waals surface area contributed by atoms with Crippen LogP contribution in [-0.4, -0.2) is 35.7 Å². The smallest absolute Gasteiger partial charge is 0.323 e. The van der Waals surface area contributed by atoms with Crippen LogP contribution >= 0.6 is 0 Å². The molecular formula is C14H18N2O5. The van der Waals surface area contributed by atoms with E-state index in [2.05, 4.69) is 0 Å². The third kappa shape index (κ3) is 3.42. The molecule has 2 rings (SSSR count). The minimum absolute atomic E-state index is 0.0354. The number of benzene rings is 1. The highest BCUT2D eigenvalue weighted by Crippen LogP contribution is 2.36. The second-order valence-corrected chi connectivity index (χ2v) is 5.07. The first-order valence-electron chi connectivity index (χ1n) is 6.83.